The van der Waals surface area contributed by atoms with Crippen molar-refractivity contribution in [3.63, 3.8) is 0 Å². The summed E-state index contributed by atoms with van der Waals surface area (Å²) >= 11 is 0. The molecule has 0 fully saturated rings. The van der Waals surface area contributed by atoms with Gasteiger partial charge in [0, 0.05) is 23.1 Å². The summed E-state index contributed by atoms with van der Waals surface area (Å²) in [6, 6.07) is 11.8. The second kappa shape index (κ2) is 8.54. The lowest BCUT2D eigenvalue weighted by Gasteiger charge is -2.41. The van der Waals surface area contributed by atoms with Gasteiger partial charge in [-0.15, -0.1) is 0 Å². The number of amides is 1. The number of nitrogens with zero attached hydrogens (tertiary/aromatic N) is 3. The molecule has 1 N–H and O–H groups in total. The first-order chi connectivity index (χ1) is 16.0. The van der Waals surface area contributed by atoms with Crippen LogP contribution in [0.1, 0.15) is 35.7 Å². The second-order valence-corrected chi connectivity index (χ2v) is 8.48. The van der Waals surface area contributed by atoms with Crippen molar-refractivity contribution in [1.29, 1.82) is 0 Å². The maximum absolute atomic E-state index is 13.5. The molecular formula is C23H20F4N4O3. The first-order valence-corrected chi connectivity index (χ1v) is 10.2. The number of carbonyl (C=O) groups excluding carboxylic acids is 1. The lowest BCUT2D eigenvalue weighted by atomic mass is 9.69. The lowest BCUT2D eigenvalue weighted by molar-refractivity contribution is -0.159. The summed E-state index contributed by atoms with van der Waals surface area (Å²) in [7, 11) is 0. The largest absolute Gasteiger partial charge is 0.481 e. The highest BCUT2D eigenvalue weighted by Gasteiger charge is 2.49. The maximum atomic E-state index is 13.5. The number of aliphatic imine (C=N–C) groups is 1. The molecule has 1 aromatic heterocycles. The van der Waals surface area contributed by atoms with Crippen molar-refractivity contribution in [1.82, 2.24) is 15.5 Å². The van der Waals surface area contributed by atoms with E-state index in [1.807, 2.05) is 13.8 Å². The topological polar surface area (TPSA) is 89.6 Å². The molecule has 1 unspecified atom stereocenters. The number of carbonyl (C=O) groups is 1. The quantitative estimate of drug-likeness (QED) is 0.525. The molecule has 34 heavy (non-hydrogen) atoms. The fraction of sp³-hybridized carbons (Fsp3) is 0.304. The Balaban J connectivity index is 1.52. The van der Waals surface area contributed by atoms with E-state index >= 15 is 0 Å². The molecule has 0 saturated heterocycles. The fourth-order valence-electron chi connectivity index (χ4n) is 3.77. The minimum atomic E-state index is -4.77. The molecule has 2 aromatic carbocycles. The zero-order valence-electron chi connectivity index (χ0n) is 18.2. The summed E-state index contributed by atoms with van der Waals surface area (Å²) in [5.41, 5.74) is -0.368. The molecule has 0 bridgehead atoms. The van der Waals surface area contributed by atoms with E-state index < -0.39 is 28.9 Å². The van der Waals surface area contributed by atoms with Crippen molar-refractivity contribution in [2.45, 2.75) is 25.6 Å². The number of aromatic nitrogens is 2. The minimum absolute atomic E-state index is 0.175. The first-order valence-electron chi connectivity index (χ1n) is 10.2. The average Bonchev–Trinajstić information content (AvgIpc) is 3.49. The van der Waals surface area contributed by atoms with E-state index in [0.29, 0.717) is 0 Å². The van der Waals surface area contributed by atoms with Crippen molar-refractivity contribution >= 4 is 12.3 Å². The molecule has 1 amide bonds. The van der Waals surface area contributed by atoms with E-state index in [1.54, 1.807) is 12.1 Å². The number of hydrogen-bond acceptors (Lipinski definition) is 6. The van der Waals surface area contributed by atoms with Crippen molar-refractivity contribution < 1.29 is 31.6 Å². The monoisotopic (exact) mass is 476 g/mol. The van der Waals surface area contributed by atoms with Crippen molar-refractivity contribution in [2.75, 3.05) is 13.2 Å². The van der Waals surface area contributed by atoms with Gasteiger partial charge < -0.3 is 14.6 Å². The van der Waals surface area contributed by atoms with Crippen LogP contribution in [0.25, 0.3) is 11.4 Å². The molecule has 4 rings (SSSR count). The molecule has 178 valence electrons. The summed E-state index contributed by atoms with van der Waals surface area (Å²) in [4.78, 5) is 20.7. The van der Waals surface area contributed by atoms with E-state index in [-0.39, 0.29) is 35.9 Å². The van der Waals surface area contributed by atoms with Crippen molar-refractivity contribution in [3.8, 4) is 11.4 Å². The van der Waals surface area contributed by atoms with Gasteiger partial charge >= 0.3 is 12.1 Å². The van der Waals surface area contributed by atoms with E-state index in [0.717, 1.165) is 5.56 Å². The average molecular weight is 476 g/mol. The number of alkyl halides is 3. The third kappa shape index (κ3) is 4.37. The molecule has 11 heteroatoms. The standard InChI is InChI=1S/C23H20F4N4O3/c1-21(2,22(12-33-13-29-22)16-6-8-17(24)9-7-16)11-28-19(32)15-5-3-4-14(10-15)18-30-20(34-31-18)23(25,26)27/h3-10,13H,11-12H2,1-2H3,(H,28,32). The van der Waals surface area contributed by atoms with E-state index in [4.69, 9.17) is 4.74 Å². The molecule has 7 nitrogen and oxygen atoms in total. The smallest absolute Gasteiger partial charge is 0.471 e. The molecule has 1 atom stereocenters. The van der Waals surface area contributed by atoms with Gasteiger partial charge in [0.2, 0.25) is 5.82 Å². The van der Waals surface area contributed by atoms with Gasteiger partial charge in [-0.05, 0) is 29.8 Å². The summed E-state index contributed by atoms with van der Waals surface area (Å²) in [5, 5.41) is 6.19. The van der Waals surface area contributed by atoms with Crippen LogP contribution in [0.5, 0.6) is 0 Å². The van der Waals surface area contributed by atoms with Gasteiger partial charge in [0.25, 0.3) is 5.91 Å². The fourth-order valence-corrected chi connectivity index (χ4v) is 3.77. The SMILES string of the molecule is CC(C)(CNC(=O)c1cccc(-c2noc(C(F)(F)F)n2)c1)C1(c2ccc(F)cc2)COC=N1. The Hall–Kier alpha value is -3.76. The molecule has 1 aliphatic heterocycles. The van der Waals surface area contributed by atoms with Crippen LogP contribution < -0.4 is 5.32 Å². The Morgan fingerprint density at radius 1 is 1.15 bits per heavy atom. The zero-order valence-corrected chi connectivity index (χ0v) is 18.2. The molecule has 3 aromatic rings. The first kappa shape index (κ1) is 23.4. The van der Waals surface area contributed by atoms with Crippen LogP contribution in [-0.2, 0) is 16.5 Å². The Bertz CT molecular complexity index is 1220. The lowest BCUT2D eigenvalue weighted by Crippen LogP contribution is -2.49. The molecule has 0 aliphatic carbocycles. The molecule has 0 saturated carbocycles. The molecule has 0 spiro atoms. The predicted molar refractivity (Wildman–Crippen MR) is 113 cm³/mol. The molecular weight excluding hydrogens is 456 g/mol. The zero-order chi connectivity index (χ0) is 24.6. The minimum Gasteiger partial charge on any atom is -0.481 e. The van der Waals surface area contributed by atoms with Gasteiger partial charge in [-0.2, -0.15) is 18.2 Å². The van der Waals surface area contributed by atoms with Gasteiger partial charge in [0.15, 0.2) is 6.40 Å². The van der Waals surface area contributed by atoms with Crippen LogP contribution in [0.15, 0.2) is 58.0 Å². The molecule has 2 heterocycles. The summed E-state index contributed by atoms with van der Waals surface area (Å²) in [6.07, 6.45) is -3.42. The van der Waals surface area contributed by atoms with Crippen LogP contribution in [0.2, 0.25) is 0 Å². The number of ether oxygens (including phenoxy) is 1. The third-order valence-corrected chi connectivity index (χ3v) is 5.82. The van der Waals surface area contributed by atoms with E-state index in [9.17, 15) is 22.4 Å². The van der Waals surface area contributed by atoms with Crippen LogP contribution >= 0.6 is 0 Å². The Morgan fingerprint density at radius 2 is 1.88 bits per heavy atom. The van der Waals surface area contributed by atoms with Crippen LogP contribution in [-0.4, -0.2) is 35.6 Å². The number of nitrogens with one attached hydrogen (secondary N) is 1. The summed E-state index contributed by atoms with van der Waals surface area (Å²) < 4.78 is 61.3. The van der Waals surface area contributed by atoms with Crippen LogP contribution in [0.4, 0.5) is 17.6 Å². The second-order valence-electron chi connectivity index (χ2n) is 8.48. The number of rotatable bonds is 6. The highest BCUT2D eigenvalue weighted by molar-refractivity contribution is 5.95. The summed E-state index contributed by atoms with van der Waals surface area (Å²) in [6.45, 7) is 4.19. The molecule has 0 radical (unpaired) electrons. The Morgan fingerprint density at radius 3 is 2.50 bits per heavy atom. The maximum Gasteiger partial charge on any atom is 0.471 e. The highest BCUT2D eigenvalue weighted by atomic mass is 19.4. The molecule has 1 aliphatic rings. The number of benzene rings is 2. The van der Waals surface area contributed by atoms with Crippen molar-refractivity contribution in [2.24, 2.45) is 10.4 Å². The van der Waals surface area contributed by atoms with E-state index in [1.165, 1.54) is 42.8 Å². The highest BCUT2D eigenvalue weighted by Crippen LogP contribution is 2.45. The van der Waals surface area contributed by atoms with Gasteiger partial charge in [-0.3, -0.25) is 4.79 Å². The number of hydrogen-bond donors (Lipinski definition) is 1. The summed E-state index contributed by atoms with van der Waals surface area (Å²) in [5.74, 6) is -2.58. The Kier molecular flexibility index (Phi) is 5.88. The van der Waals surface area contributed by atoms with Crippen LogP contribution in [0, 0.1) is 11.2 Å². The predicted octanol–water partition coefficient (Wildman–Crippen LogP) is 4.60. The number of halogens is 4. The van der Waals surface area contributed by atoms with Gasteiger partial charge in [-0.25, -0.2) is 9.38 Å². The van der Waals surface area contributed by atoms with Gasteiger partial charge in [-0.1, -0.05) is 43.3 Å². The van der Waals surface area contributed by atoms with Gasteiger partial charge in [0.1, 0.15) is 18.0 Å². The van der Waals surface area contributed by atoms with Crippen molar-refractivity contribution in [3.05, 3.63) is 71.4 Å². The van der Waals surface area contributed by atoms with Crippen LogP contribution in [0.3, 0.4) is 0 Å². The normalized spacial score (nSPS) is 18.1. The van der Waals surface area contributed by atoms with E-state index in [2.05, 4.69) is 25.0 Å². The van der Waals surface area contributed by atoms with Gasteiger partial charge in [0.05, 0.1) is 0 Å². The third-order valence-electron chi connectivity index (χ3n) is 5.82. The Labute approximate surface area is 191 Å².